The van der Waals surface area contributed by atoms with E-state index >= 15 is 0 Å². The average Bonchev–Trinajstić information content (AvgIpc) is 2.69. The Hall–Kier alpha value is -1.88. The van der Waals surface area contributed by atoms with Crippen LogP contribution in [0.2, 0.25) is 0 Å². The zero-order chi connectivity index (χ0) is 11.5. The van der Waals surface area contributed by atoms with Crippen LogP contribution >= 0.6 is 0 Å². The Labute approximate surface area is 92.1 Å². The van der Waals surface area contributed by atoms with Crippen molar-refractivity contribution in [3.8, 4) is 0 Å². The fourth-order valence-electron chi connectivity index (χ4n) is 1.80. The zero-order valence-corrected chi connectivity index (χ0v) is 8.67. The van der Waals surface area contributed by atoms with Gasteiger partial charge in [-0.15, -0.1) is 0 Å². The second-order valence-corrected chi connectivity index (χ2v) is 3.55. The summed E-state index contributed by atoms with van der Waals surface area (Å²) in [5.41, 5.74) is 0.961. The van der Waals surface area contributed by atoms with Gasteiger partial charge in [-0.05, 0) is 18.6 Å². The number of benzene rings is 1. The number of fused-ring (bicyclic) bond motifs is 1. The largest absolute Gasteiger partial charge is 0.396 e. The van der Waals surface area contributed by atoms with Crippen LogP contribution in [0.4, 0.5) is 5.69 Å². The molecule has 0 amide bonds. The van der Waals surface area contributed by atoms with E-state index < -0.39 is 0 Å². The number of nitro benzene ring substituents is 1. The predicted octanol–water partition coefficient (Wildman–Crippen LogP) is 1.93. The molecule has 0 aliphatic rings. The lowest BCUT2D eigenvalue weighted by Gasteiger charge is -2.03. The topological polar surface area (TPSA) is 68.3 Å². The highest BCUT2D eigenvalue weighted by Gasteiger charge is 2.13. The third kappa shape index (κ3) is 1.77. The summed E-state index contributed by atoms with van der Waals surface area (Å²) in [6.45, 7) is 0.787. The third-order valence-electron chi connectivity index (χ3n) is 2.54. The summed E-state index contributed by atoms with van der Waals surface area (Å²) in [6, 6.07) is 6.76. The van der Waals surface area contributed by atoms with Crippen LogP contribution in [0.1, 0.15) is 6.42 Å². The van der Waals surface area contributed by atoms with E-state index in [0.717, 1.165) is 5.52 Å². The Morgan fingerprint density at radius 3 is 2.88 bits per heavy atom. The molecule has 1 heterocycles. The molecule has 0 spiro atoms. The number of rotatable bonds is 4. The van der Waals surface area contributed by atoms with E-state index in [9.17, 15) is 10.1 Å². The van der Waals surface area contributed by atoms with Gasteiger partial charge in [0.15, 0.2) is 0 Å². The maximum absolute atomic E-state index is 10.8. The molecule has 0 atom stereocenters. The number of nitrogens with zero attached hydrogens (tertiary/aromatic N) is 2. The molecule has 5 nitrogen and oxygen atoms in total. The van der Waals surface area contributed by atoms with Crippen molar-refractivity contribution < 1.29 is 10.0 Å². The van der Waals surface area contributed by atoms with Crippen LogP contribution < -0.4 is 0 Å². The molecule has 0 aliphatic heterocycles. The highest BCUT2D eigenvalue weighted by Crippen LogP contribution is 2.26. The van der Waals surface area contributed by atoms with Gasteiger partial charge in [0.1, 0.15) is 0 Å². The lowest BCUT2D eigenvalue weighted by atomic mass is 10.2. The molecule has 84 valence electrons. The molecular formula is C11H12N2O3. The minimum Gasteiger partial charge on any atom is -0.396 e. The highest BCUT2D eigenvalue weighted by molar-refractivity contribution is 5.89. The number of nitro groups is 1. The summed E-state index contributed by atoms with van der Waals surface area (Å²) in [7, 11) is 0. The summed E-state index contributed by atoms with van der Waals surface area (Å²) in [5, 5.41) is 20.2. The van der Waals surface area contributed by atoms with E-state index in [1.54, 1.807) is 12.1 Å². The maximum atomic E-state index is 10.8. The molecule has 2 rings (SSSR count). The van der Waals surface area contributed by atoms with Crippen molar-refractivity contribution >= 4 is 16.6 Å². The molecule has 2 aromatic rings. The standard InChI is InChI=1S/C11H12N2O3/c14-8-2-6-12-7-5-9-10(12)3-1-4-11(9)13(15)16/h1,3-5,7,14H,2,6,8H2. The molecular weight excluding hydrogens is 208 g/mol. The fraction of sp³-hybridized carbons (Fsp3) is 0.273. The normalized spacial score (nSPS) is 10.8. The summed E-state index contributed by atoms with van der Waals surface area (Å²) >= 11 is 0. The second kappa shape index (κ2) is 4.32. The minimum absolute atomic E-state index is 0.120. The number of hydrogen-bond donors (Lipinski definition) is 1. The first-order valence-corrected chi connectivity index (χ1v) is 5.07. The maximum Gasteiger partial charge on any atom is 0.278 e. The third-order valence-corrected chi connectivity index (χ3v) is 2.54. The number of aryl methyl sites for hydroxylation is 1. The van der Waals surface area contributed by atoms with Crippen molar-refractivity contribution in [3.05, 3.63) is 40.6 Å². The van der Waals surface area contributed by atoms with E-state index in [4.69, 9.17) is 5.11 Å². The Morgan fingerprint density at radius 2 is 2.19 bits per heavy atom. The summed E-state index contributed by atoms with van der Waals surface area (Å²) in [5.74, 6) is 0. The van der Waals surface area contributed by atoms with Gasteiger partial charge in [0.05, 0.1) is 15.8 Å². The molecule has 0 fully saturated rings. The van der Waals surface area contributed by atoms with Crippen molar-refractivity contribution in [1.82, 2.24) is 4.57 Å². The van der Waals surface area contributed by atoms with E-state index in [-0.39, 0.29) is 17.2 Å². The van der Waals surface area contributed by atoms with Gasteiger partial charge in [0.2, 0.25) is 0 Å². The molecule has 1 N–H and O–H groups in total. The van der Waals surface area contributed by atoms with Crippen LogP contribution in [0, 0.1) is 10.1 Å². The number of aliphatic hydroxyl groups is 1. The van der Waals surface area contributed by atoms with Gasteiger partial charge in [-0.2, -0.15) is 0 Å². The molecule has 1 aromatic carbocycles. The minimum atomic E-state index is -0.376. The van der Waals surface area contributed by atoms with Gasteiger partial charge >= 0.3 is 0 Å². The van der Waals surface area contributed by atoms with Crippen LogP contribution in [-0.4, -0.2) is 21.2 Å². The van der Waals surface area contributed by atoms with Gasteiger partial charge in [0, 0.05) is 25.4 Å². The molecule has 0 saturated carbocycles. The Kier molecular flexibility index (Phi) is 2.87. The Balaban J connectivity index is 2.48. The summed E-state index contributed by atoms with van der Waals surface area (Å²) < 4.78 is 1.92. The molecule has 0 bridgehead atoms. The molecule has 1 aromatic heterocycles. The molecule has 0 radical (unpaired) electrons. The molecule has 0 saturated heterocycles. The van der Waals surface area contributed by atoms with Crippen LogP contribution in [0.5, 0.6) is 0 Å². The van der Waals surface area contributed by atoms with Crippen LogP contribution in [0.15, 0.2) is 30.5 Å². The van der Waals surface area contributed by atoms with E-state index in [0.29, 0.717) is 18.4 Å². The first-order valence-electron chi connectivity index (χ1n) is 5.07. The zero-order valence-electron chi connectivity index (χ0n) is 8.67. The first-order chi connectivity index (χ1) is 7.74. The quantitative estimate of drug-likeness (QED) is 0.632. The predicted molar refractivity (Wildman–Crippen MR) is 60.3 cm³/mol. The van der Waals surface area contributed by atoms with Gasteiger partial charge in [0.25, 0.3) is 5.69 Å². The lowest BCUT2D eigenvalue weighted by Crippen LogP contribution is -1.98. The van der Waals surface area contributed by atoms with Gasteiger partial charge in [-0.3, -0.25) is 10.1 Å². The lowest BCUT2D eigenvalue weighted by molar-refractivity contribution is -0.383. The van der Waals surface area contributed by atoms with Gasteiger partial charge in [-0.1, -0.05) is 6.07 Å². The smallest absolute Gasteiger partial charge is 0.278 e. The first kappa shape index (κ1) is 10.6. The van der Waals surface area contributed by atoms with E-state index in [1.165, 1.54) is 6.07 Å². The fourth-order valence-corrected chi connectivity index (χ4v) is 1.80. The van der Waals surface area contributed by atoms with Crippen molar-refractivity contribution in [2.24, 2.45) is 0 Å². The van der Waals surface area contributed by atoms with Crippen molar-refractivity contribution in [2.75, 3.05) is 6.61 Å². The molecule has 16 heavy (non-hydrogen) atoms. The number of hydrogen-bond acceptors (Lipinski definition) is 3. The molecule has 0 unspecified atom stereocenters. The number of aromatic nitrogens is 1. The average molecular weight is 220 g/mol. The number of aliphatic hydroxyl groups excluding tert-OH is 1. The summed E-state index contributed by atoms with van der Waals surface area (Å²) in [6.07, 6.45) is 2.46. The van der Waals surface area contributed by atoms with Crippen LogP contribution in [0.3, 0.4) is 0 Å². The van der Waals surface area contributed by atoms with Gasteiger partial charge in [-0.25, -0.2) is 0 Å². The van der Waals surface area contributed by atoms with Crippen LogP contribution in [-0.2, 0) is 6.54 Å². The van der Waals surface area contributed by atoms with Crippen LogP contribution in [0.25, 0.3) is 10.9 Å². The van der Waals surface area contributed by atoms with Crippen molar-refractivity contribution in [2.45, 2.75) is 13.0 Å². The monoisotopic (exact) mass is 220 g/mol. The van der Waals surface area contributed by atoms with Crippen molar-refractivity contribution in [3.63, 3.8) is 0 Å². The van der Waals surface area contributed by atoms with Crippen molar-refractivity contribution in [1.29, 1.82) is 0 Å². The Bertz CT molecular complexity index is 519. The van der Waals surface area contributed by atoms with E-state index in [2.05, 4.69) is 0 Å². The molecule has 0 aliphatic carbocycles. The van der Waals surface area contributed by atoms with Gasteiger partial charge < -0.3 is 9.67 Å². The SMILES string of the molecule is O=[N+]([O-])c1cccc2c1ccn2CCCO. The molecule has 5 heteroatoms. The highest BCUT2D eigenvalue weighted by atomic mass is 16.6. The summed E-state index contributed by atoms with van der Waals surface area (Å²) in [4.78, 5) is 10.4. The van der Waals surface area contributed by atoms with E-state index in [1.807, 2.05) is 16.8 Å². The Morgan fingerprint density at radius 1 is 1.38 bits per heavy atom. The number of non-ortho nitro benzene ring substituents is 1. The second-order valence-electron chi connectivity index (χ2n) is 3.55.